The van der Waals surface area contributed by atoms with Gasteiger partial charge in [-0.1, -0.05) is 11.5 Å². The fraction of sp³-hybridized carbons (Fsp3) is 0.333. The van der Waals surface area contributed by atoms with Gasteiger partial charge in [-0.3, -0.25) is 0 Å². The molecule has 0 amide bonds. The molecule has 0 bridgehead atoms. The number of hydrogen-bond acceptors (Lipinski definition) is 1. The first-order valence-electron chi connectivity index (χ1n) is 2.52. The summed E-state index contributed by atoms with van der Waals surface area (Å²) in [5.74, 6) is 0. The zero-order chi connectivity index (χ0) is 6.15. The van der Waals surface area contributed by atoms with Crippen LogP contribution in [0.2, 0.25) is 0 Å². The summed E-state index contributed by atoms with van der Waals surface area (Å²) in [7, 11) is 5.55. The van der Waals surface area contributed by atoms with Gasteiger partial charge < -0.3 is 0 Å². The topological polar surface area (TPSA) is 0 Å². The Bertz CT molecular complexity index is 171. The first-order valence-corrected chi connectivity index (χ1v) is 3.34. The Balaban J connectivity index is 3.14. The minimum atomic E-state index is 0.924. The Morgan fingerprint density at radius 2 is 2.12 bits per heavy atom. The summed E-state index contributed by atoms with van der Waals surface area (Å²) in [5, 5.41) is 0. The predicted octanol–water partition coefficient (Wildman–Crippen LogP) is 1.16. The molecule has 0 fully saturated rings. The van der Waals surface area contributed by atoms with Gasteiger partial charge in [0, 0.05) is 4.88 Å². The van der Waals surface area contributed by atoms with E-state index in [0.29, 0.717) is 0 Å². The highest BCUT2D eigenvalue weighted by molar-refractivity contribution is 7.12. The molecule has 0 N–H and O–H groups in total. The van der Waals surface area contributed by atoms with Crippen LogP contribution in [0.5, 0.6) is 0 Å². The highest BCUT2D eigenvalue weighted by Crippen LogP contribution is 2.09. The molecular formula is C6H7BS. The molecule has 1 aromatic heterocycles. The number of hydrogen-bond donors (Lipinski definition) is 0. The standard InChI is InChI=1S/C6H7BS/c1-4-3-6(7)5(2)8-4/h3H,1-2H3. The number of aryl methyl sites for hydroxylation is 2. The van der Waals surface area contributed by atoms with Crippen LogP contribution in [0.1, 0.15) is 9.75 Å². The first-order chi connectivity index (χ1) is 3.70. The molecule has 0 saturated heterocycles. The highest BCUT2D eigenvalue weighted by atomic mass is 32.1. The van der Waals surface area contributed by atoms with Gasteiger partial charge in [0.05, 0.1) is 0 Å². The summed E-state index contributed by atoms with van der Waals surface area (Å²) < 4.78 is 0. The Hall–Kier alpha value is -0.235. The quantitative estimate of drug-likeness (QED) is 0.453. The molecule has 2 heteroatoms. The third-order valence-corrected chi connectivity index (χ3v) is 2.06. The van der Waals surface area contributed by atoms with Gasteiger partial charge in [0.15, 0.2) is 0 Å². The maximum Gasteiger partial charge on any atom is 0.115 e. The largest absolute Gasteiger partial charge is 0.147 e. The molecule has 0 saturated carbocycles. The summed E-state index contributed by atoms with van der Waals surface area (Å²) in [6, 6.07) is 2.00. The summed E-state index contributed by atoms with van der Waals surface area (Å²) in [4.78, 5) is 2.52. The molecule has 0 aromatic carbocycles. The molecule has 0 atom stereocenters. The fourth-order valence-electron chi connectivity index (χ4n) is 0.650. The van der Waals surface area contributed by atoms with E-state index in [1.54, 1.807) is 11.3 Å². The third kappa shape index (κ3) is 0.946. The Kier molecular flexibility index (Phi) is 1.43. The van der Waals surface area contributed by atoms with Gasteiger partial charge in [-0.25, -0.2) is 0 Å². The van der Waals surface area contributed by atoms with Crippen molar-refractivity contribution in [3.05, 3.63) is 15.8 Å². The lowest BCUT2D eigenvalue weighted by atomic mass is 9.97. The van der Waals surface area contributed by atoms with Gasteiger partial charge in [0.25, 0.3) is 0 Å². The second kappa shape index (κ2) is 1.94. The molecule has 2 radical (unpaired) electrons. The molecule has 0 nitrogen and oxygen atoms in total. The first kappa shape index (κ1) is 5.89. The average Bonchev–Trinajstić information content (AvgIpc) is 1.85. The highest BCUT2D eigenvalue weighted by Gasteiger charge is 1.93. The van der Waals surface area contributed by atoms with Crippen LogP contribution in [-0.2, 0) is 0 Å². The molecule has 1 rings (SSSR count). The summed E-state index contributed by atoms with van der Waals surface area (Å²) >= 11 is 1.74. The van der Waals surface area contributed by atoms with Crippen molar-refractivity contribution in [3.8, 4) is 0 Å². The van der Waals surface area contributed by atoms with Gasteiger partial charge in [-0.2, -0.15) is 0 Å². The summed E-state index contributed by atoms with van der Waals surface area (Å²) in [6.07, 6.45) is 0. The van der Waals surface area contributed by atoms with Crippen molar-refractivity contribution < 1.29 is 0 Å². The fourth-order valence-corrected chi connectivity index (χ4v) is 1.50. The molecule has 0 spiro atoms. The molecule has 8 heavy (non-hydrogen) atoms. The normalized spacial score (nSPS) is 9.75. The zero-order valence-electron chi connectivity index (χ0n) is 5.06. The maximum atomic E-state index is 5.55. The van der Waals surface area contributed by atoms with Gasteiger partial charge in [0.2, 0.25) is 0 Å². The van der Waals surface area contributed by atoms with Gasteiger partial charge in [0.1, 0.15) is 7.85 Å². The smallest absolute Gasteiger partial charge is 0.115 e. The Labute approximate surface area is 55.0 Å². The molecular weight excluding hydrogens is 115 g/mol. The second-order valence-electron chi connectivity index (χ2n) is 1.87. The molecule has 0 unspecified atom stereocenters. The predicted molar refractivity (Wildman–Crippen MR) is 39.2 cm³/mol. The lowest BCUT2D eigenvalue weighted by Crippen LogP contribution is -1.98. The lowest BCUT2D eigenvalue weighted by Gasteiger charge is -1.80. The van der Waals surface area contributed by atoms with Crippen LogP contribution in [0.15, 0.2) is 6.07 Å². The lowest BCUT2D eigenvalue weighted by molar-refractivity contribution is 1.65. The molecule has 0 aliphatic rings. The van der Waals surface area contributed by atoms with E-state index in [9.17, 15) is 0 Å². The van der Waals surface area contributed by atoms with Crippen LogP contribution >= 0.6 is 11.3 Å². The van der Waals surface area contributed by atoms with E-state index in [0.717, 1.165) is 5.46 Å². The van der Waals surface area contributed by atoms with E-state index in [1.807, 2.05) is 13.0 Å². The summed E-state index contributed by atoms with van der Waals surface area (Å²) in [6.45, 7) is 4.10. The molecule has 0 aliphatic carbocycles. The van der Waals surface area contributed by atoms with Crippen molar-refractivity contribution in [2.75, 3.05) is 0 Å². The van der Waals surface area contributed by atoms with Crippen LogP contribution in [0.3, 0.4) is 0 Å². The van der Waals surface area contributed by atoms with Crippen LogP contribution in [-0.4, -0.2) is 7.85 Å². The Morgan fingerprint density at radius 1 is 1.50 bits per heavy atom. The van der Waals surface area contributed by atoms with Crippen molar-refractivity contribution in [1.29, 1.82) is 0 Å². The third-order valence-electron chi connectivity index (χ3n) is 1.08. The average molecular weight is 122 g/mol. The van der Waals surface area contributed by atoms with Crippen LogP contribution in [0.4, 0.5) is 0 Å². The minimum Gasteiger partial charge on any atom is -0.147 e. The van der Waals surface area contributed by atoms with E-state index in [4.69, 9.17) is 7.85 Å². The van der Waals surface area contributed by atoms with Gasteiger partial charge in [-0.05, 0) is 18.7 Å². The van der Waals surface area contributed by atoms with Crippen LogP contribution in [0.25, 0.3) is 0 Å². The van der Waals surface area contributed by atoms with Crippen molar-refractivity contribution in [2.24, 2.45) is 0 Å². The van der Waals surface area contributed by atoms with Crippen molar-refractivity contribution in [2.45, 2.75) is 13.8 Å². The molecule has 1 aromatic rings. The minimum absolute atomic E-state index is 0.924. The van der Waals surface area contributed by atoms with Gasteiger partial charge in [-0.15, -0.1) is 11.3 Å². The van der Waals surface area contributed by atoms with Crippen LogP contribution in [0, 0.1) is 13.8 Å². The monoisotopic (exact) mass is 122 g/mol. The van der Waals surface area contributed by atoms with Crippen molar-refractivity contribution in [1.82, 2.24) is 0 Å². The Morgan fingerprint density at radius 3 is 2.25 bits per heavy atom. The van der Waals surface area contributed by atoms with E-state index < -0.39 is 0 Å². The van der Waals surface area contributed by atoms with E-state index in [-0.39, 0.29) is 0 Å². The van der Waals surface area contributed by atoms with Gasteiger partial charge >= 0.3 is 0 Å². The number of thiophene rings is 1. The molecule has 0 aliphatic heterocycles. The van der Waals surface area contributed by atoms with Crippen molar-refractivity contribution in [3.63, 3.8) is 0 Å². The number of rotatable bonds is 0. The SMILES string of the molecule is [B]c1cc(C)sc1C. The maximum absolute atomic E-state index is 5.55. The van der Waals surface area contributed by atoms with Crippen LogP contribution < -0.4 is 5.46 Å². The van der Waals surface area contributed by atoms with Crippen molar-refractivity contribution >= 4 is 24.6 Å². The summed E-state index contributed by atoms with van der Waals surface area (Å²) in [5.41, 5.74) is 0.924. The molecule has 40 valence electrons. The van der Waals surface area contributed by atoms with E-state index in [1.165, 1.54) is 9.75 Å². The molecule has 1 heterocycles. The second-order valence-corrected chi connectivity index (χ2v) is 3.33. The van der Waals surface area contributed by atoms with E-state index in [2.05, 4.69) is 6.92 Å². The zero-order valence-corrected chi connectivity index (χ0v) is 5.88. The van der Waals surface area contributed by atoms with E-state index >= 15 is 0 Å².